The van der Waals surface area contributed by atoms with Crippen LogP contribution in [0.1, 0.15) is 26.2 Å². The molecule has 0 amide bonds. The molecule has 26 heavy (non-hydrogen) atoms. The Labute approximate surface area is 157 Å². The van der Waals surface area contributed by atoms with E-state index in [1.807, 2.05) is 24.3 Å². The third-order valence-corrected chi connectivity index (χ3v) is 5.96. The number of anilines is 1. The summed E-state index contributed by atoms with van der Waals surface area (Å²) < 4.78 is 0. The molecule has 2 aromatic heterocycles. The van der Waals surface area contributed by atoms with Gasteiger partial charge >= 0.3 is 0 Å². The molecule has 1 saturated heterocycles. The predicted octanol–water partition coefficient (Wildman–Crippen LogP) is 3.66. The fourth-order valence-corrected chi connectivity index (χ4v) is 3.85. The van der Waals surface area contributed by atoms with E-state index in [2.05, 4.69) is 32.0 Å². The Morgan fingerprint density at radius 2 is 2.04 bits per heavy atom. The molecule has 1 aliphatic heterocycles. The first-order valence-electron chi connectivity index (χ1n) is 8.97. The van der Waals surface area contributed by atoms with Gasteiger partial charge in [0.15, 0.2) is 0 Å². The van der Waals surface area contributed by atoms with Crippen molar-refractivity contribution < 1.29 is 5.11 Å². The summed E-state index contributed by atoms with van der Waals surface area (Å²) in [4.78, 5) is 11.5. The Kier molecular flexibility index (Phi) is 4.54. The second-order valence-corrected chi connectivity index (χ2v) is 7.38. The van der Waals surface area contributed by atoms with Crippen molar-refractivity contribution in [1.82, 2.24) is 20.2 Å². The van der Waals surface area contributed by atoms with Crippen LogP contribution >= 0.6 is 11.6 Å². The molecule has 1 aliphatic rings. The number of nitrogens with one attached hydrogen (secondary N) is 1. The van der Waals surface area contributed by atoms with Crippen molar-refractivity contribution in [1.29, 1.82) is 0 Å². The van der Waals surface area contributed by atoms with Gasteiger partial charge in [-0.25, -0.2) is 9.97 Å². The first-order valence-corrected chi connectivity index (χ1v) is 9.35. The number of aliphatic hydroxyl groups is 1. The summed E-state index contributed by atoms with van der Waals surface area (Å²) in [6.07, 6.45) is 4.73. The fourth-order valence-electron chi connectivity index (χ4n) is 3.62. The Morgan fingerprint density at radius 1 is 1.27 bits per heavy atom. The highest BCUT2D eigenvalue weighted by Gasteiger charge is 2.33. The zero-order valence-electron chi connectivity index (χ0n) is 14.7. The second-order valence-electron chi connectivity index (χ2n) is 6.98. The van der Waals surface area contributed by atoms with Gasteiger partial charge in [0.2, 0.25) is 5.65 Å². The van der Waals surface area contributed by atoms with Crippen LogP contribution in [0.25, 0.3) is 22.4 Å². The monoisotopic (exact) mass is 371 g/mol. The van der Waals surface area contributed by atoms with Gasteiger partial charge in [0, 0.05) is 25.3 Å². The molecular weight excluding hydrogens is 350 g/mol. The molecule has 2 N–H and O–H groups in total. The van der Waals surface area contributed by atoms with Crippen LogP contribution in [0, 0.1) is 5.41 Å². The number of fused-ring (bicyclic) bond motifs is 1. The zero-order valence-corrected chi connectivity index (χ0v) is 15.5. The van der Waals surface area contributed by atoms with Gasteiger partial charge in [0.1, 0.15) is 11.3 Å². The van der Waals surface area contributed by atoms with E-state index in [9.17, 15) is 5.11 Å². The number of aromatic amines is 1. The molecule has 4 rings (SSSR count). The second kappa shape index (κ2) is 6.85. The molecule has 0 aliphatic carbocycles. The minimum atomic E-state index is 0.0532. The summed E-state index contributed by atoms with van der Waals surface area (Å²) in [7, 11) is 0. The quantitative estimate of drug-likeness (QED) is 0.731. The van der Waals surface area contributed by atoms with E-state index in [4.69, 9.17) is 11.6 Å². The van der Waals surface area contributed by atoms with E-state index >= 15 is 0 Å². The Morgan fingerprint density at radius 3 is 2.73 bits per heavy atom. The Hall–Kier alpha value is -2.18. The maximum atomic E-state index is 9.70. The molecule has 1 fully saturated rings. The van der Waals surface area contributed by atoms with Crippen molar-refractivity contribution in [3.8, 4) is 11.3 Å². The molecule has 0 radical (unpaired) electrons. The van der Waals surface area contributed by atoms with Gasteiger partial charge in [-0.05, 0) is 30.7 Å². The van der Waals surface area contributed by atoms with E-state index in [0.717, 1.165) is 54.9 Å². The molecular formula is C19H22ClN5O. The maximum Gasteiger partial charge on any atom is 0.202 e. The average molecular weight is 372 g/mol. The molecule has 0 saturated carbocycles. The highest BCUT2D eigenvalue weighted by atomic mass is 35.5. The molecule has 7 heteroatoms. The summed E-state index contributed by atoms with van der Waals surface area (Å²) in [5.74, 6) is 0.831. The van der Waals surface area contributed by atoms with Crippen molar-refractivity contribution in [3.05, 3.63) is 35.5 Å². The summed E-state index contributed by atoms with van der Waals surface area (Å²) in [6, 6.07) is 7.62. The smallest absolute Gasteiger partial charge is 0.202 e. The van der Waals surface area contributed by atoms with Crippen LogP contribution < -0.4 is 4.90 Å². The summed E-state index contributed by atoms with van der Waals surface area (Å²) in [5.41, 5.74) is 3.02. The molecule has 6 nitrogen and oxygen atoms in total. The number of rotatable bonds is 4. The molecule has 0 bridgehead atoms. The lowest BCUT2D eigenvalue weighted by Crippen LogP contribution is -2.42. The van der Waals surface area contributed by atoms with Gasteiger partial charge in [-0.3, -0.25) is 5.10 Å². The van der Waals surface area contributed by atoms with Crippen molar-refractivity contribution in [2.24, 2.45) is 5.41 Å². The predicted molar refractivity (Wildman–Crippen MR) is 103 cm³/mol. The molecule has 136 valence electrons. The van der Waals surface area contributed by atoms with Gasteiger partial charge in [-0.2, -0.15) is 5.10 Å². The van der Waals surface area contributed by atoms with E-state index in [0.29, 0.717) is 10.7 Å². The third-order valence-electron chi connectivity index (χ3n) is 5.63. The molecule has 1 aromatic carbocycles. The van der Waals surface area contributed by atoms with Gasteiger partial charge in [0.25, 0.3) is 0 Å². The van der Waals surface area contributed by atoms with Gasteiger partial charge in [-0.1, -0.05) is 36.7 Å². The zero-order chi connectivity index (χ0) is 18.1. The average Bonchev–Trinajstić information content (AvgIpc) is 3.11. The lowest BCUT2D eigenvalue weighted by atomic mass is 9.77. The van der Waals surface area contributed by atoms with Crippen molar-refractivity contribution in [2.45, 2.75) is 26.2 Å². The summed E-state index contributed by atoms with van der Waals surface area (Å²) in [5, 5.41) is 17.7. The van der Waals surface area contributed by atoms with E-state index in [1.165, 1.54) is 0 Å². The number of halogens is 1. The highest BCUT2D eigenvalue weighted by Crippen LogP contribution is 2.36. The van der Waals surface area contributed by atoms with Crippen LogP contribution in [0.15, 0.2) is 30.5 Å². The van der Waals surface area contributed by atoms with E-state index in [-0.39, 0.29) is 12.0 Å². The molecule has 0 atom stereocenters. The number of benzene rings is 1. The van der Waals surface area contributed by atoms with Gasteiger partial charge in [-0.15, -0.1) is 0 Å². The number of hydrogen-bond donors (Lipinski definition) is 2. The SMILES string of the molecule is CCC1(CO)CCN(c2cnc3c(-c4ccccc4Cl)[nH]nc3n2)CC1. The van der Waals surface area contributed by atoms with Crippen molar-refractivity contribution in [2.75, 3.05) is 24.6 Å². The van der Waals surface area contributed by atoms with Crippen LogP contribution in [0.5, 0.6) is 0 Å². The first kappa shape index (κ1) is 17.2. The molecule has 0 spiro atoms. The number of nitrogens with zero attached hydrogens (tertiary/aromatic N) is 4. The number of hydrogen-bond acceptors (Lipinski definition) is 5. The summed E-state index contributed by atoms with van der Waals surface area (Å²) >= 11 is 6.30. The van der Waals surface area contributed by atoms with Crippen molar-refractivity contribution in [3.63, 3.8) is 0 Å². The fraction of sp³-hybridized carbons (Fsp3) is 0.421. The number of H-pyrrole nitrogens is 1. The topological polar surface area (TPSA) is 77.9 Å². The maximum absolute atomic E-state index is 9.70. The highest BCUT2D eigenvalue weighted by molar-refractivity contribution is 6.33. The summed E-state index contributed by atoms with van der Waals surface area (Å²) in [6.45, 7) is 4.15. The lowest BCUT2D eigenvalue weighted by Gasteiger charge is -2.40. The Balaban J connectivity index is 1.61. The van der Waals surface area contributed by atoms with Crippen LogP contribution in [-0.4, -0.2) is 45.0 Å². The van der Waals surface area contributed by atoms with E-state index < -0.39 is 0 Å². The minimum Gasteiger partial charge on any atom is -0.396 e. The van der Waals surface area contributed by atoms with Gasteiger partial charge < -0.3 is 10.0 Å². The minimum absolute atomic E-state index is 0.0532. The third kappa shape index (κ3) is 2.93. The van der Waals surface area contributed by atoms with Crippen LogP contribution in [0.3, 0.4) is 0 Å². The van der Waals surface area contributed by atoms with E-state index in [1.54, 1.807) is 6.20 Å². The van der Waals surface area contributed by atoms with Gasteiger partial charge in [0.05, 0.1) is 16.9 Å². The molecule has 3 aromatic rings. The molecule has 3 heterocycles. The first-order chi connectivity index (χ1) is 12.7. The normalized spacial score (nSPS) is 17.0. The van der Waals surface area contributed by atoms with Crippen LogP contribution in [-0.2, 0) is 0 Å². The number of aliphatic hydroxyl groups excluding tert-OH is 1. The molecule has 0 unspecified atom stereocenters. The van der Waals surface area contributed by atoms with Crippen LogP contribution in [0.2, 0.25) is 5.02 Å². The largest absolute Gasteiger partial charge is 0.396 e. The standard InChI is InChI=1S/C19H22ClN5O/c1-2-19(12-26)7-9-25(10-8-19)15-11-21-17-16(23-24-18(17)22-15)13-5-3-4-6-14(13)20/h3-6,11,26H,2,7-10,12H2,1H3,(H,22,23,24). The number of piperidine rings is 1. The number of aromatic nitrogens is 4. The lowest BCUT2D eigenvalue weighted by molar-refractivity contribution is 0.0920. The van der Waals surface area contributed by atoms with Crippen molar-refractivity contribution >= 4 is 28.6 Å². The Bertz CT molecular complexity index is 911. The van der Waals surface area contributed by atoms with Crippen LogP contribution in [0.4, 0.5) is 5.82 Å².